The SMILES string of the molecule is Cc1ccc(S(=O)(=O)OI(O)c2ccc(C34CC5(c6ccc(I(O)OS(=O)(=O)c7ccc(C)cc7)cc6)CC(c6ccc(I(O)OS(=O)(=O)c7ccc(C)cc7)cc6)(C3)CC(c3ccc(I(O)OS(=O)(=O)c6ccc(C)cc6)cc3)(C4)C5)cc2)cc1. The molecule has 0 radical (unpaired) electrons. The first-order valence-electron chi connectivity index (χ1n) is 26.7. The molecule has 4 N–H and O–H groups in total. The van der Waals surface area contributed by atoms with Crippen LogP contribution in [0.15, 0.2) is 214 Å². The van der Waals surface area contributed by atoms with Gasteiger partial charge in [0.1, 0.15) is 0 Å². The van der Waals surface area contributed by atoms with Gasteiger partial charge in [-0.05, 0) is 0 Å². The van der Waals surface area contributed by atoms with E-state index in [0.717, 1.165) is 44.5 Å². The van der Waals surface area contributed by atoms with Crippen molar-refractivity contribution in [2.75, 3.05) is 0 Å². The van der Waals surface area contributed by atoms with Gasteiger partial charge in [-0.2, -0.15) is 0 Å². The minimum absolute atomic E-state index is 0.0782. The van der Waals surface area contributed by atoms with Crippen LogP contribution in [-0.4, -0.2) is 47.4 Å². The van der Waals surface area contributed by atoms with Gasteiger partial charge < -0.3 is 0 Å². The predicted molar refractivity (Wildman–Crippen MR) is 358 cm³/mol. The van der Waals surface area contributed by atoms with Gasteiger partial charge in [0.25, 0.3) is 0 Å². The molecule has 16 nitrogen and oxygen atoms in total. The molecule has 0 aromatic heterocycles. The van der Waals surface area contributed by atoms with Crippen LogP contribution in [0.25, 0.3) is 0 Å². The number of halogens is 4. The molecule has 0 atom stereocenters. The van der Waals surface area contributed by atoms with Crippen molar-refractivity contribution in [2.24, 2.45) is 0 Å². The first-order chi connectivity index (χ1) is 40.6. The molecule has 0 spiro atoms. The number of aryl methyl sites for hydroxylation is 4. The molecule has 4 saturated carbocycles. The molecule has 12 rings (SSSR count). The summed E-state index contributed by atoms with van der Waals surface area (Å²) in [6.07, 6.45) is 3.54. The predicted octanol–water partition coefficient (Wildman–Crippen LogP) is 13.0. The fourth-order valence-electron chi connectivity index (χ4n) is 12.9. The van der Waals surface area contributed by atoms with Crippen molar-refractivity contribution < 1.29 is 57.5 Å². The van der Waals surface area contributed by atoms with E-state index >= 15 is 0 Å². The molecule has 0 aliphatic heterocycles. The van der Waals surface area contributed by atoms with E-state index < -0.39 is 145 Å². The second-order valence-corrected chi connectivity index (χ2v) is 43.0. The van der Waals surface area contributed by atoms with E-state index in [1.54, 1.807) is 97.1 Å². The van der Waals surface area contributed by atoms with E-state index in [2.05, 4.69) is 0 Å². The molecule has 86 heavy (non-hydrogen) atoms. The molecule has 8 aromatic carbocycles. The number of hydrogen-bond donors (Lipinski definition) is 4. The van der Waals surface area contributed by atoms with Crippen LogP contribution >= 0.6 is 82.6 Å². The summed E-state index contributed by atoms with van der Waals surface area (Å²) >= 11 is -15.2. The Balaban J connectivity index is 1.00. The Morgan fingerprint density at radius 2 is 0.419 bits per heavy atom. The van der Waals surface area contributed by atoms with Crippen molar-refractivity contribution in [2.45, 2.75) is 107 Å². The van der Waals surface area contributed by atoms with Crippen molar-refractivity contribution in [1.29, 1.82) is 0 Å². The Morgan fingerprint density at radius 3 is 0.570 bits per heavy atom. The third-order valence-corrected chi connectivity index (χ3v) is 37.9. The number of benzene rings is 8. The Hall–Kier alpha value is -3.84. The van der Waals surface area contributed by atoms with Crippen molar-refractivity contribution in [3.8, 4) is 0 Å². The van der Waals surface area contributed by atoms with Crippen LogP contribution in [0.1, 0.15) is 83.0 Å². The third-order valence-electron chi connectivity index (χ3n) is 16.4. The fourth-order valence-corrected chi connectivity index (χ4v) is 30.3. The summed E-state index contributed by atoms with van der Waals surface area (Å²) in [7, 11) is -17.3. The van der Waals surface area contributed by atoms with Gasteiger partial charge in [0.15, 0.2) is 0 Å². The van der Waals surface area contributed by atoms with Crippen LogP contribution in [0.2, 0.25) is 0 Å². The monoisotopic (exact) mass is 1700 g/mol. The average Bonchev–Trinajstić information content (AvgIpc) is 0.671. The molecule has 456 valence electrons. The van der Waals surface area contributed by atoms with Crippen LogP contribution in [0, 0.1) is 42.0 Å². The molecule has 4 aliphatic rings. The van der Waals surface area contributed by atoms with Crippen molar-refractivity contribution in [1.82, 2.24) is 0 Å². The van der Waals surface area contributed by atoms with Crippen molar-refractivity contribution >= 4 is 123 Å². The Kier molecular flexibility index (Phi) is 18.1. The van der Waals surface area contributed by atoms with Gasteiger partial charge >= 0.3 is 541 Å². The molecule has 8 aromatic rings. The third kappa shape index (κ3) is 13.1. The van der Waals surface area contributed by atoms with Gasteiger partial charge in [0.05, 0.1) is 0 Å². The summed E-state index contributed by atoms with van der Waals surface area (Å²) < 4.78 is 177. The van der Waals surface area contributed by atoms with E-state index in [9.17, 15) is 47.4 Å². The van der Waals surface area contributed by atoms with Gasteiger partial charge in [0, 0.05) is 0 Å². The number of hydrogen-bond acceptors (Lipinski definition) is 16. The maximum absolute atomic E-state index is 13.4. The second-order valence-electron chi connectivity index (χ2n) is 22.5. The maximum atomic E-state index is 13.4. The van der Waals surface area contributed by atoms with Gasteiger partial charge in [0.2, 0.25) is 0 Å². The van der Waals surface area contributed by atoms with E-state index in [4.69, 9.17) is 10.1 Å². The first kappa shape index (κ1) is 63.7. The van der Waals surface area contributed by atoms with Gasteiger partial charge in [-0.1, -0.05) is 0 Å². The van der Waals surface area contributed by atoms with Gasteiger partial charge in [-0.15, -0.1) is 0 Å². The summed E-state index contributed by atoms with van der Waals surface area (Å²) in [6, 6.07) is 53.8. The van der Waals surface area contributed by atoms with Crippen LogP contribution in [0.4, 0.5) is 0 Å². The van der Waals surface area contributed by atoms with Crippen LogP contribution in [0.5, 0.6) is 0 Å². The summed E-state index contributed by atoms with van der Waals surface area (Å²) in [5, 5.41) is 0. The fraction of sp³-hybridized carbons (Fsp3) is 0.226. The molecular weight excluding hydrogens is 1640 g/mol. The molecule has 0 heterocycles. The van der Waals surface area contributed by atoms with Crippen molar-refractivity contribution in [3.05, 3.63) is 253 Å². The van der Waals surface area contributed by atoms with Crippen LogP contribution in [0.3, 0.4) is 0 Å². The zero-order chi connectivity index (χ0) is 61.2. The topological polar surface area (TPSA) is 254 Å². The summed E-state index contributed by atoms with van der Waals surface area (Å²) in [5.41, 5.74) is 4.36. The minimum atomic E-state index is -4.32. The second kappa shape index (κ2) is 24.4. The summed E-state index contributed by atoms with van der Waals surface area (Å²) in [6.45, 7) is 7.32. The van der Waals surface area contributed by atoms with E-state index in [1.165, 1.54) is 48.5 Å². The van der Waals surface area contributed by atoms with Gasteiger partial charge in [-0.25, -0.2) is 0 Å². The zero-order valence-corrected chi connectivity index (χ0v) is 58.4. The summed E-state index contributed by atoms with van der Waals surface area (Å²) in [5.74, 6) is 0. The van der Waals surface area contributed by atoms with Crippen LogP contribution < -0.4 is 0 Å². The zero-order valence-electron chi connectivity index (χ0n) is 46.6. The average molecular weight is 1700 g/mol. The molecule has 0 amide bonds. The van der Waals surface area contributed by atoms with Gasteiger partial charge in [-0.3, -0.25) is 0 Å². The molecule has 4 bridgehead atoms. The quantitative estimate of drug-likeness (QED) is 0.0517. The molecule has 4 fully saturated rings. The first-order valence-corrected chi connectivity index (χ1v) is 44.0. The Morgan fingerprint density at radius 1 is 0.267 bits per heavy atom. The van der Waals surface area contributed by atoms with E-state index in [-0.39, 0.29) is 19.6 Å². The normalized spacial score (nSPS) is 21.9. The molecule has 24 heteroatoms. The molecule has 4 aliphatic carbocycles. The molecule has 0 saturated heterocycles. The molecule has 0 unspecified atom stereocenters. The van der Waals surface area contributed by atoms with Crippen molar-refractivity contribution in [3.63, 3.8) is 0 Å². The van der Waals surface area contributed by atoms with E-state index in [0.29, 0.717) is 52.8 Å². The van der Waals surface area contributed by atoms with Crippen LogP contribution in [-0.2, 0) is 72.2 Å². The van der Waals surface area contributed by atoms with E-state index in [1.807, 2.05) is 76.2 Å². The standard InChI is InChI=1S/C62H60I4O16S4/c1-43-5-29-55(30-6-43)83(71,72)79-63(67)51-21-13-47(14-22-51)59-37-60(48-15-23-52(24-16-48)64(68)80-84(73,74)56-31-7-44(2)8-32-56)40-61(38-59,49-17-25-53(26-18-49)65(69)81-85(75,76)57-33-9-45(3)10-34-57)42-62(39-59,41-60)50-19-27-54(28-20-50)66(70)82-86(77,78)58-35-11-46(4)12-36-58/h5-36,67-70H,37-42H2,1-4H3. The Bertz CT molecular complexity index is 3680. The molecular formula is C62H60I4O16S4. The summed E-state index contributed by atoms with van der Waals surface area (Å²) in [4.78, 5) is -0.313. The number of rotatable bonds is 20. The Labute approximate surface area is 534 Å².